The van der Waals surface area contributed by atoms with Gasteiger partial charge in [0.2, 0.25) is 0 Å². The molecule has 1 N–H and O–H groups in total. The summed E-state index contributed by atoms with van der Waals surface area (Å²) in [7, 11) is 1.85. The van der Waals surface area contributed by atoms with Gasteiger partial charge in [0, 0.05) is 0 Å². The number of nitrogens with zero attached hydrogens (tertiary/aromatic N) is 1. The van der Waals surface area contributed by atoms with Gasteiger partial charge in [-0.05, 0) is 32.7 Å². The van der Waals surface area contributed by atoms with Crippen LogP contribution in [-0.2, 0) is 0 Å². The third-order valence-electron chi connectivity index (χ3n) is 2.15. The van der Waals surface area contributed by atoms with E-state index in [1.807, 2.05) is 14.0 Å². The van der Waals surface area contributed by atoms with Crippen LogP contribution in [-0.4, -0.2) is 12.6 Å². The molecule has 0 radical (unpaired) electrons. The van der Waals surface area contributed by atoms with E-state index in [1.54, 1.807) is 0 Å². The fourth-order valence-corrected chi connectivity index (χ4v) is 1.01. The van der Waals surface area contributed by atoms with Gasteiger partial charge in [-0.2, -0.15) is 5.26 Å². The Kier molecular flexibility index (Phi) is 1.46. The molecule has 0 aromatic heterocycles. The zero-order chi connectivity index (χ0) is 6.91. The molecule has 1 rings (SSSR count). The Bertz CT molecular complexity index is 143. The molecule has 2 heteroatoms. The highest BCUT2D eigenvalue weighted by Gasteiger charge is 2.40. The minimum absolute atomic E-state index is 0.250. The van der Waals surface area contributed by atoms with E-state index in [1.165, 1.54) is 12.8 Å². The van der Waals surface area contributed by atoms with Crippen LogP contribution in [0.2, 0.25) is 0 Å². The van der Waals surface area contributed by atoms with Crippen LogP contribution in [0.3, 0.4) is 0 Å². The van der Waals surface area contributed by atoms with Gasteiger partial charge in [0.25, 0.3) is 0 Å². The molecule has 0 aromatic carbocycles. The zero-order valence-electron chi connectivity index (χ0n) is 5.94. The topological polar surface area (TPSA) is 35.8 Å². The molecule has 0 bridgehead atoms. The Morgan fingerprint density at radius 3 is 2.33 bits per heavy atom. The summed E-state index contributed by atoms with van der Waals surface area (Å²) < 4.78 is 0. The van der Waals surface area contributed by atoms with Gasteiger partial charge >= 0.3 is 0 Å². The Hall–Kier alpha value is -0.550. The predicted octanol–water partition coefficient (Wildman–Crippen LogP) is 0.898. The predicted molar refractivity (Wildman–Crippen MR) is 35.8 cm³/mol. The summed E-state index contributed by atoms with van der Waals surface area (Å²) in [5.41, 5.74) is -0.250. The zero-order valence-corrected chi connectivity index (χ0v) is 5.94. The lowest BCUT2D eigenvalue weighted by Gasteiger charge is -2.18. The molecule has 1 aliphatic carbocycles. The average Bonchev–Trinajstić information content (AvgIpc) is 2.68. The van der Waals surface area contributed by atoms with Crippen LogP contribution in [0.5, 0.6) is 0 Å². The molecule has 1 atom stereocenters. The van der Waals surface area contributed by atoms with Gasteiger partial charge in [0.15, 0.2) is 0 Å². The maximum absolute atomic E-state index is 8.68. The van der Waals surface area contributed by atoms with Crippen LogP contribution in [0.4, 0.5) is 0 Å². The van der Waals surface area contributed by atoms with Crippen LogP contribution in [0.25, 0.3) is 0 Å². The first-order chi connectivity index (χ1) is 4.23. The third kappa shape index (κ3) is 1.06. The normalized spacial score (nSPS) is 24.6. The molecule has 0 aliphatic heterocycles. The first-order valence-corrected chi connectivity index (χ1v) is 3.33. The lowest BCUT2D eigenvalue weighted by atomic mass is 9.99. The van der Waals surface area contributed by atoms with Crippen molar-refractivity contribution >= 4 is 0 Å². The number of nitrogens with one attached hydrogen (secondary N) is 1. The van der Waals surface area contributed by atoms with Crippen LogP contribution >= 0.6 is 0 Å². The van der Waals surface area contributed by atoms with E-state index < -0.39 is 0 Å². The number of rotatable bonds is 2. The van der Waals surface area contributed by atoms with Gasteiger partial charge in [-0.1, -0.05) is 0 Å². The van der Waals surface area contributed by atoms with Crippen molar-refractivity contribution in [3.05, 3.63) is 0 Å². The highest BCUT2D eigenvalue weighted by molar-refractivity contribution is 5.11. The fraction of sp³-hybridized carbons (Fsp3) is 0.857. The minimum Gasteiger partial charge on any atom is -0.302 e. The second-order valence-corrected chi connectivity index (χ2v) is 2.84. The van der Waals surface area contributed by atoms with E-state index in [9.17, 15) is 0 Å². The summed E-state index contributed by atoms with van der Waals surface area (Å²) >= 11 is 0. The average molecular weight is 124 g/mol. The van der Waals surface area contributed by atoms with Gasteiger partial charge in [-0.3, -0.25) is 0 Å². The molecule has 9 heavy (non-hydrogen) atoms. The van der Waals surface area contributed by atoms with E-state index in [-0.39, 0.29) is 5.54 Å². The second kappa shape index (κ2) is 2.00. The van der Waals surface area contributed by atoms with Gasteiger partial charge < -0.3 is 5.32 Å². The van der Waals surface area contributed by atoms with Crippen LogP contribution in [0.15, 0.2) is 0 Å². The summed E-state index contributed by atoms with van der Waals surface area (Å²) in [4.78, 5) is 0. The third-order valence-corrected chi connectivity index (χ3v) is 2.15. The van der Waals surface area contributed by atoms with E-state index >= 15 is 0 Å². The molecule has 0 heterocycles. The second-order valence-electron chi connectivity index (χ2n) is 2.84. The van der Waals surface area contributed by atoms with Crippen LogP contribution in [0.1, 0.15) is 19.8 Å². The fourth-order valence-electron chi connectivity index (χ4n) is 1.01. The van der Waals surface area contributed by atoms with Crippen molar-refractivity contribution in [2.24, 2.45) is 5.92 Å². The smallest absolute Gasteiger partial charge is 0.106 e. The molecular formula is C7H12N2. The summed E-state index contributed by atoms with van der Waals surface area (Å²) in [5, 5.41) is 11.7. The molecule has 1 saturated carbocycles. The molecule has 2 nitrogen and oxygen atoms in total. The maximum atomic E-state index is 8.68. The Balaban J connectivity index is 2.56. The first kappa shape index (κ1) is 6.57. The van der Waals surface area contributed by atoms with Gasteiger partial charge in [0.05, 0.1) is 6.07 Å². The largest absolute Gasteiger partial charge is 0.302 e. The van der Waals surface area contributed by atoms with Crippen LogP contribution in [0, 0.1) is 17.2 Å². The minimum atomic E-state index is -0.250. The SMILES string of the molecule is CN[C@](C)(C#N)C1CC1. The van der Waals surface area contributed by atoms with Gasteiger partial charge in [-0.15, -0.1) is 0 Å². The van der Waals surface area contributed by atoms with Crippen molar-refractivity contribution in [2.75, 3.05) is 7.05 Å². The number of hydrogen-bond acceptors (Lipinski definition) is 2. The highest BCUT2D eigenvalue weighted by atomic mass is 14.9. The Labute approximate surface area is 55.9 Å². The lowest BCUT2D eigenvalue weighted by Crippen LogP contribution is -2.40. The van der Waals surface area contributed by atoms with Crippen molar-refractivity contribution < 1.29 is 0 Å². The van der Waals surface area contributed by atoms with E-state index in [0.29, 0.717) is 5.92 Å². The maximum Gasteiger partial charge on any atom is 0.106 e. The van der Waals surface area contributed by atoms with Crippen molar-refractivity contribution in [1.29, 1.82) is 5.26 Å². The van der Waals surface area contributed by atoms with E-state index in [4.69, 9.17) is 5.26 Å². The Morgan fingerprint density at radius 2 is 2.22 bits per heavy atom. The van der Waals surface area contributed by atoms with Gasteiger partial charge in [0.1, 0.15) is 5.54 Å². The van der Waals surface area contributed by atoms with Crippen LogP contribution < -0.4 is 5.32 Å². The lowest BCUT2D eigenvalue weighted by molar-refractivity contribution is 0.433. The monoisotopic (exact) mass is 124 g/mol. The molecule has 0 unspecified atom stereocenters. The van der Waals surface area contributed by atoms with Crippen molar-refractivity contribution in [3.8, 4) is 6.07 Å². The molecule has 0 saturated heterocycles. The molecule has 0 amide bonds. The molecule has 1 fully saturated rings. The molecule has 0 spiro atoms. The first-order valence-electron chi connectivity index (χ1n) is 3.33. The van der Waals surface area contributed by atoms with Gasteiger partial charge in [-0.25, -0.2) is 0 Å². The van der Waals surface area contributed by atoms with E-state index in [0.717, 1.165) is 0 Å². The number of hydrogen-bond donors (Lipinski definition) is 1. The summed E-state index contributed by atoms with van der Waals surface area (Å²) in [6.45, 7) is 1.96. The molecular weight excluding hydrogens is 112 g/mol. The molecule has 0 aromatic rings. The highest BCUT2D eigenvalue weighted by Crippen LogP contribution is 2.38. The van der Waals surface area contributed by atoms with Crippen molar-refractivity contribution in [1.82, 2.24) is 5.32 Å². The molecule has 1 aliphatic rings. The quantitative estimate of drug-likeness (QED) is 0.593. The summed E-state index contributed by atoms with van der Waals surface area (Å²) in [6.07, 6.45) is 2.43. The summed E-state index contributed by atoms with van der Waals surface area (Å²) in [5.74, 6) is 0.604. The van der Waals surface area contributed by atoms with E-state index in [2.05, 4.69) is 11.4 Å². The Morgan fingerprint density at radius 1 is 1.67 bits per heavy atom. The molecule has 50 valence electrons. The van der Waals surface area contributed by atoms with Crippen molar-refractivity contribution in [3.63, 3.8) is 0 Å². The van der Waals surface area contributed by atoms with Crippen molar-refractivity contribution in [2.45, 2.75) is 25.3 Å². The summed E-state index contributed by atoms with van der Waals surface area (Å²) in [6, 6.07) is 2.28. The number of nitriles is 1. The standard InChI is InChI=1S/C7H12N2/c1-7(5-8,9-2)6-3-4-6/h6,9H,3-4H2,1-2H3/t7-/m1/s1.